The molecule has 0 saturated heterocycles. The second kappa shape index (κ2) is 11.6. The van der Waals surface area contributed by atoms with Gasteiger partial charge in [0.1, 0.15) is 0 Å². The van der Waals surface area contributed by atoms with E-state index in [1.54, 1.807) is 11.8 Å². The molecule has 276 valence electrons. The Hall–Kier alpha value is -0.250. The first-order valence-corrected chi connectivity index (χ1v) is 19.5. The lowest BCUT2D eigenvalue weighted by molar-refractivity contribution is -0.175. The van der Waals surface area contributed by atoms with Crippen molar-refractivity contribution in [3.8, 4) is 0 Å². The predicted molar refractivity (Wildman–Crippen MR) is 210 cm³/mol. The van der Waals surface area contributed by atoms with Crippen molar-refractivity contribution in [3.63, 3.8) is 0 Å². The molecule has 3 heteroatoms. The summed E-state index contributed by atoms with van der Waals surface area (Å²) in [6.07, 6.45) is 5.44. The molecule has 47 heavy (non-hydrogen) atoms. The fraction of sp³-hybridized carbons (Fsp3) is 0.909. The monoisotopic (exact) mass is 675 g/mol. The molecule has 2 N–H and O–H groups in total. The number of hydrogen-bond acceptors (Lipinski definition) is 3. The Morgan fingerprint density at radius 1 is 0.404 bits per heavy atom. The van der Waals surface area contributed by atoms with Gasteiger partial charge < -0.3 is 10.2 Å². The van der Waals surface area contributed by atoms with Crippen LogP contribution in [-0.2, 0) is 0 Å². The third-order valence-corrected chi connectivity index (χ3v) is 15.5. The highest BCUT2D eigenvalue weighted by molar-refractivity contribution is 8.06. The van der Waals surface area contributed by atoms with E-state index in [0.717, 1.165) is 22.7 Å². The molecule has 0 aliphatic heterocycles. The van der Waals surface area contributed by atoms with Crippen LogP contribution in [0.3, 0.4) is 0 Å². The van der Waals surface area contributed by atoms with Gasteiger partial charge in [0.2, 0.25) is 0 Å². The van der Waals surface area contributed by atoms with Gasteiger partial charge in [0.05, 0.1) is 12.2 Å². The van der Waals surface area contributed by atoms with Gasteiger partial charge in [-0.2, -0.15) is 0 Å². The lowest BCUT2D eigenvalue weighted by Crippen LogP contribution is -2.64. The van der Waals surface area contributed by atoms with Crippen molar-refractivity contribution in [1.29, 1.82) is 0 Å². The topological polar surface area (TPSA) is 40.5 Å². The smallest absolute Gasteiger partial charge is 0.0915 e. The number of aliphatic hydroxyl groups is 2. The summed E-state index contributed by atoms with van der Waals surface area (Å²) in [7, 11) is 0. The van der Waals surface area contributed by atoms with Crippen LogP contribution in [0.15, 0.2) is 22.0 Å². The lowest BCUT2D eigenvalue weighted by Gasteiger charge is -2.68. The number of thioether (sulfide) groups is 1. The molecule has 0 heterocycles. The van der Waals surface area contributed by atoms with E-state index in [4.69, 9.17) is 0 Å². The van der Waals surface area contributed by atoms with Crippen molar-refractivity contribution in [2.24, 2.45) is 65.0 Å². The molecule has 2 atom stereocenters. The van der Waals surface area contributed by atoms with E-state index in [9.17, 15) is 10.2 Å². The predicted octanol–water partition coefficient (Wildman–Crippen LogP) is 13.3. The summed E-state index contributed by atoms with van der Waals surface area (Å²) >= 11 is 1.72. The molecule has 2 rings (SSSR count). The van der Waals surface area contributed by atoms with Crippen molar-refractivity contribution >= 4 is 11.8 Å². The molecule has 0 spiro atoms. The Bertz CT molecular complexity index is 1050. The third-order valence-electron chi connectivity index (χ3n) is 14.3. The van der Waals surface area contributed by atoms with Gasteiger partial charge in [-0.15, -0.1) is 0 Å². The van der Waals surface area contributed by atoms with Gasteiger partial charge in [0.15, 0.2) is 0 Å². The summed E-state index contributed by atoms with van der Waals surface area (Å²) in [4.78, 5) is 2.04. The van der Waals surface area contributed by atoms with Gasteiger partial charge in [0.25, 0.3) is 0 Å². The number of aliphatic hydroxyl groups excluding tert-OH is 2. The molecule has 0 aromatic heterocycles. The second-order valence-electron chi connectivity index (χ2n) is 24.2. The molecule has 2 unspecified atom stereocenters. The van der Waals surface area contributed by atoms with Crippen LogP contribution >= 0.6 is 11.8 Å². The zero-order valence-corrected chi connectivity index (χ0v) is 36.8. The molecule has 0 amide bonds. The van der Waals surface area contributed by atoms with Crippen molar-refractivity contribution in [3.05, 3.63) is 22.0 Å². The first-order valence-electron chi connectivity index (χ1n) is 18.6. The molecule has 0 radical (unpaired) electrons. The summed E-state index contributed by atoms with van der Waals surface area (Å²) < 4.78 is 0. The standard InChI is InChI=1S/C44H82O2S/c1-33(2,3)41(34(4,5)6)25-29(31(45)43(27-41,37(13,14)15)38(16,17)18)47-30-26-42(35(7,8)9,36(10,11)12)28-44(32(30)46,39(19,20)21)40(22,23)24/h25-26,31-32,45-46H,27-28H2,1-24H3. The van der Waals surface area contributed by atoms with Crippen LogP contribution < -0.4 is 0 Å². The summed E-state index contributed by atoms with van der Waals surface area (Å²) in [6.45, 7) is 56.9. The van der Waals surface area contributed by atoms with Crippen LogP contribution in [-0.4, -0.2) is 22.4 Å². The first-order chi connectivity index (χ1) is 20.2. The largest absolute Gasteiger partial charge is 0.387 e. The molecular weight excluding hydrogens is 593 g/mol. The Morgan fingerprint density at radius 2 is 0.596 bits per heavy atom. The Balaban J connectivity index is 3.26. The zero-order valence-electron chi connectivity index (χ0n) is 36.0. The average Bonchev–Trinajstić information content (AvgIpc) is 2.75. The Morgan fingerprint density at radius 3 is 0.745 bits per heavy atom. The molecular formula is C44H82O2S. The minimum Gasteiger partial charge on any atom is -0.387 e. The van der Waals surface area contributed by atoms with Crippen LogP contribution in [0.5, 0.6) is 0 Å². The maximum absolute atomic E-state index is 13.0. The molecule has 0 bridgehead atoms. The molecule has 0 fully saturated rings. The molecule has 0 aromatic carbocycles. The third kappa shape index (κ3) is 6.32. The highest BCUT2D eigenvalue weighted by Crippen LogP contribution is 2.74. The summed E-state index contributed by atoms with van der Waals surface area (Å²) in [6, 6.07) is 0. The quantitative estimate of drug-likeness (QED) is 0.306. The summed E-state index contributed by atoms with van der Waals surface area (Å²) in [5.74, 6) is 0. The summed E-state index contributed by atoms with van der Waals surface area (Å²) in [5.41, 5.74) is -2.29. The van der Waals surface area contributed by atoms with Crippen LogP contribution in [0.4, 0.5) is 0 Å². The van der Waals surface area contributed by atoms with E-state index in [2.05, 4.69) is 178 Å². The minimum absolute atomic E-state index is 0.0698. The molecule has 0 aromatic rings. The number of hydrogen-bond donors (Lipinski definition) is 2. The van der Waals surface area contributed by atoms with Crippen molar-refractivity contribution in [2.45, 2.75) is 191 Å². The maximum Gasteiger partial charge on any atom is 0.0915 e. The van der Waals surface area contributed by atoms with E-state index in [1.807, 2.05) is 0 Å². The van der Waals surface area contributed by atoms with Crippen LogP contribution in [0.25, 0.3) is 0 Å². The fourth-order valence-corrected chi connectivity index (χ4v) is 13.2. The molecule has 2 aliphatic carbocycles. The Labute approximate surface area is 299 Å². The molecule has 2 aliphatic rings. The van der Waals surface area contributed by atoms with Crippen molar-refractivity contribution in [1.82, 2.24) is 0 Å². The highest BCUT2D eigenvalue weighted by atomic mass is 32.2. The Kier molecular flexibility index (Phi) is 10.6. The number of rotatable bonds is 2. The van der Waals surface area contributed by atoms with Crippen LogP contribution in [0, 0.1) is 65.0 Å². The van der Waals surface area contributed by atoms with Gasteiger partial charge in [-0.05, 0) is 67.0 Å². The van der Waals surface area contributed by atoms with E-state index in [1.165, 1.54) is 0 Å². The first kappa shape index (κ1) is 42.9. The van der Waals surface area contributed by atoms with Gasteiger partial charge >= 0.3 is 0 Å². The van der Waals surface area contributed by atoms with Crippen LogP contribution in [0.2, 0.25) is 0 Å². The van der Waals surface area contributed by atoms with E-state index in [0.29, 0.717) is 0 Å². The lowest BCUT2D eigenvalue weighted by atomic mass is 9.39. The fourth-order valence-electron chi connectivity index (χ4n) is 11.7. The van der Waals surface area contributed by atoms with E-state index < -0.39 is 23.0 Å². The van der Waals surface area contributed by atoms with Gasteiger partial charge in [-0.25, -0.2) is 0 Å². The second-order valence-corrected chi connectivity index (χ2v) is 25.4. The molecule has 0 saturated carbocycles. The van der Waals surface area contributed by atoms with Gasteiger partial charge in [0, 0.05) is 20.6 Å². The van der Waals surface area contributed by atoms with Gasteiger partial charge in [-0.3, -0.25) is 0 Å². The van der Waals surface area contributed by atoms with Gasteiger partial charge in [-0.1, -0.05) is 190 Å². The van der Waals surface area contributed by atoms with E-state index in [-0.39, 0.29) is 54.1 Å². The number of allylic oxidation sites excluding steroid dienone is 2. The zero-order chi connectivity index (χ0) is 37.8. The minimum atomic E-state index is -0.669. The maximum atomic E-state index is 13.0. The van der Waals surface area contributed by atoms with E-state index >= 15 is 0 Å². The molecule has 2 nitrogen and oxygen atoms in total. The average molecular weight is 675 g/mol. The highest BCUT2D eigenvalue weighted by Gasteiger charge is 2.68. The van der Waals surface area contributed by atoms with Crippen LogP contribution in [0.1, 0.15) is 179 Å². The summed E-state index contributed by atoms with van der Waals surface area (Å²) in [5, 5.41) is 26.1. The normalized spacial score (nSPS) is 26.1. The van der Waals surface area contributed by atoms with Crippen molar-refractivity contribution in [2.75, 3.05) is 0 Å². The SMILES string of the molecule is CC(C)(C)C1(C(C)(C)C)C=C(SC2=CC(C(C)(C)C)(C(C)(C)C)CC(C(C)(C)C)(C(C)(C)C)C2O)C(O)C(C(C)(C)C)(C(C)(C)C)C1. The van der Waals surface area contributed by atoms with Crippen molar-refractivity contribution < 1.29 is 10.2 Å².